The predicted octanol–water partition coefficient (Wildman–Crippen LogP) is 2.20. The molecular formula is C11H11NO4S. The lowest BCUT2D eigenvalue weighted by Gasteiger charge is -2.13. The van der Waals surface area contributed by atoms with Crippen molar-refractivity contribution in [1.82, 2.24) is 0 Å². The number of hydrogen-bond donors (Lipinski definition) is 0. The topological polar surface area (TPSA) is 68.6 Å². The summed E-state index contributed by atoms with van der Waals surface area (Å²) in [4.78, 5) is 11.6. The summed E-state index contributed by atoms with van der Waals surface area (Å²) in [6.07, 6.45) is 0. The van der Waals surface area contributed by atoms with Crippen LogP contribution < -0.4 is 14.2 Å². The molecule has 0 saturated carbocycles. The van der Waals surface area contributed by atoms with Crippen molar-refractivity contribution in [3.8, 4) is 22.6 Å². The minimum atomic E-state index is -0.470. The van der Waals surface area contributed by atoms with Gasteiger partial charge in [0.2, 0.25) is 5.75 Å². The number of thiocyanates is 1. The maximum atomic E-state index is 11.0. The molecule has 0 aliphatic heterocycles. The average molecular weight is 253 g/mol. The third-order valence-electron chi connectivity index (χ3n) is 1.84. The first-order chi connectivity index (χ1) is 8.12. The van der Waals surface area contributed by atoms with Crippen LogP contribution in [0.3, 0.4) is 0 Å². The summed E-state index contributed by atoms with van der Waals surface area (Å²) in [6.45, 7) is 1.29. The van der Waals surface area contributed by atoms with Crippen molar-refractivity contribution < 1.29 is 19.0 Å². The van der Waals surface area contributed by atoms with Crippen molar-refractivity contribution in [3.63, 3.8) is 0 Å². The molecule has 0 fully saturated rings. The summed E-state index contributed by atoms with van der Waals surface area (Å²) < 4.78 is 15.2. The first-order valence-corrected chi connectivity index (χ1v) is 5.44. The quantitative estimate of drug-likeness (QED) is 0.354. The standard InChI is InChI=1S/C11H11NO4S/c1-7(13)16-11-9(14-2)4-8(17-6-12)5-10(11)15-3/h4-5H,1-3H3. The zero-order chi connectivity index (χ0) is 12.8. The first-order valence-electron chi connectivity index (χ1n) is 4.62. The Morgan fingerprint density at radius 2 is 1.82 bits per heavy atom. The molecular weight excluding hydrogens is 242 g/mol. The van der Waals surface area contributed by atoms with Gasteiger partial charge in [0.15, 0.2) is 11.5 Å². The van der Waals surface area contributed by atoms with E-state index in [1.807, 2.05) is 5.40 Å². The highest BCUT2D eigenvalue weighted by Gasteiger charge is 2.16. The number of hydrogen-bond acceptors (Lipinski definition) is 6. The molecule has 1 rings (SSSR count). The summed E-state index contributed by atoms with van der Waals surface area (Å²) in [5.74, 6) is 0.432. The summed E-state index contributed by atoms with van der Waals surface area (Å²) in [6, 6.07) is 3.21. The Morgan fingerprint density at radius 1 is 1.29 bits per heavy atom. The molecule has 17 heavy (non-hydrogen) atoms. The fourth-order valence-corrected chi connectivity index (χ4v) is 1.65. The normalized spacial score (nSPS) is 9.29. The Bertz CT molecular complexity index is 442. The largest absolute Gasteiger partial charge is 0.493 e. The minimum Gasteiger partial charge on any atom is -0.493 e. The second-order valence-corrected chi connectivity index (χ2v) is 3.80. The van der Waals surface area contributed by atoms with Gasteiger partial charge in [-0.3, -0.25) is 4.79 Å². The number of carbonyl (C=O) groups is 1. The second kappa shape index (κ2) is 6.01. The van der Waals surface area contributed by atoms with Crippen molar-refractivity contribution in [2.45, 2.75) is 11.8 Å². The number of benzene rings is 1. The molecule has 0 N–H and O–H groups in total. The highest BCUT2D eigenvalue weighted by molar-refractivity contribution is 8.03. The van der Waals surface area contributed by atoms with Crippen molar-refractivity contribution in [3.05, 3.63) is 12.1 Å². The van der Waals surface area contributed by atoms with Crippen LogP contribution in [0, 0.1) is 10.7 Å². The van der Waals surface area contributed by atoms with E-state index in [2.05, 4.69) is 0 Å². The van der Waals surface area contributed by atoms with E-state index in [0.717, 1.165) is 11.8 Å². The van der Waals surface area contributed by atoms with Gasteiger partial charge in [-0.05, 0) is 23.9 Å². The van der Waals surface area contributed by atoms with E-state index in [1.165, 1.54) is 21.1 Å². The molecule has 0 atom stereocenters. The molecule has 0 amide bonds. The lowest BCUT2D eigenvalue weighted by Crippen LogP contribution is -2.05. The Labute approximate surface area is 103 Å². The third-order valence-corrected chi connectivity index (χ3v) is 2.41. The van der Waals surface area contributed by atoms with Crippen LogP contribution in [0.4, 0.5) is 0 Å². The zero-order valence-electron chi connectivity index (χ0n) is 9.64. The molecule has 0 radical (unpaired) electrons. The van der Waals surface area contributed by atoms with Crippen LogP contribution in [0.15, 0.2) is 17.0 Å². The lowest BCUT2D eigenvalue weighted by atomic mass is 10.3. The fourth-order valence-electron chi connectivity index (χ4n) is 1.21. The van der Waals surface area contributed by atoms with Gasteiger partial charge in [0.25, 0.3) is 0 Å². The van der Waals surface area contributed by atoms with Crippen LogP contribution in [0.25, 0.3) is 0 Å². The minimum absolute atomic E-state index is 0.213. The summed E-state index contributed by atoms with van der Waals surface area (Å²) in [5, 5.41) is 10.6. The van der Waals surface area contributed by atoms with E-state index in [-0.39, 0.29) is 5.75 Å². The van der Waals surface area contributed by atoms with Gasteiger partial charge in [-0.15, -0.1) is 0 Å². The average Bonchev–Trinajstić information content (AvgIpc) is 2.30. The Kier molecular flexibility index (Phi) is 4.67. The van der Waals surface area contributed by atoms with E-state index < -0.39 is 5.97 Å². The van der Waals surface area contributed by atoms with E-state index >= 15 is 0 Å². The van der Waals surface area contributed by atoms with Gasteiger partial charge in [-0.25, -0.2) is 0 Å². The Balaban J connectivity index is 3.26. The van der Waals surface area contributed by atoms with Crippen molar-refractivity contribution in [2.75, 3.05) is 14.2 Å². The number of rotatable bonds is 4. The molecule has 90 valence electrons. The van der Waals surface area contributed by atoms with Gasteiger partial charge in [-0.2, -0.15) is 5.26 Å². The van der Waals surface area contributed by atoms with Crippen molar-refractivity contribution in [1.29, 1.82) is 5.26 Å². The summed E-state index contributed by atoms with van der Waals surface area (Å²) in [5.41, 5.74) is 0. The summed E-state index contributed by atoms with van der Waals surface area (Å²) in [7, 11) is 2.89. The molecule has 0 aliphatic carbocycles. The van der Waals surface area contributed by atoms with Crippen LogP contribution in [0.5, 0.6) is 17.2 Å². The van der Waals surface area contributed by atoms with E-state index in [1.54, 1.807) is 12.1 Å². The molecule has 5 nitrogen and oxygen atoms in total. The Hall–Kier alpha value is -1.87. The fraction of sp³-hybridized carbons (Fsp3) is 0.273. The maximum Gasteiger partial charge on any atom is 0.308 e. The summed E-state index contributed by atoms with van der Waals surface area (Å²) >= 11 is 0.967. The SMILES string of the molecule is COc1cc(SC#N)cc(OC)c1OC(C)=O. The lowest BCUT2D eigenvalue weighted by molar-refractivity contribution is -0.132. The van der Waals surface area contributed by atoms with Gasteiger partial charge in [0.05, 0.1) is 14.2 Å². The number of carbonyl (C=O) groups excluding carboxylic acids is 1. The molecule has 0 bridgehead atoms. The molecule has 1 aromatic rings. The van der Waals surface area contributed by atoms with E-state index in [9.17, 15) is 4.79 Å². The number of thioether (sulfide) groups is 1. The van der Waals surface area contributed by atoms with E-state index in [4.69, 9.17) is 19.5 Å². The van der Waals surface area contributed by atoms with Gasteiger partial charge in [0.1, 0.15) is 5.40 Å². The highest BCUT2D eigenvalue weighted by Crippen LogP contribution is 2.41. The third kappa shape index (κ3) is 3.29. The second-order valence-electron chi connectivity index (χ2n) is 2.94. The van der Waals surface area contributed by atoms with Crippen LogP contribution in [0.1, 0.15) is 6.92 Å². The van der Waals surface area contributed by atoms with Crippen molar-refractivity contribution >= 4 is 17.7 Å². The number of methoxy groups -OCH3 is 2. The van der Waals surface area contributed by atoms with Gasteiger partial charge < -0.3 is 14.2 Å². The number of ether oxygens (including phenoxy) is 3. The van der Waals surface area contributed by atoms with Crippen LogP contribution in [0.2, 0.25) is 0 Å². The van der Waals surface area contributed by atoms with E-state index in [0.29, 0.717) is 16.4 Å². The zero-order valence-corrected chi connectivity index (χ0v) is 10.5. The maximum absolute atomic E-state index is 11.0. The van der Waals surface area contributed by atoms with Crippen LogP contribution in [-0.2, 0) is 4.79 Å². The molecule has 0 saturated heterocycles. The van der Waals surface area contributed by atoms with Gasteiger partial charge >= 0.3 is 5.97 Å². The smallest absolute Gasteiger partial charge is 0.308 e. The predicted molar refractivity (Wildman–Crippen MR) is 62.3 cm³/mol. The first kappa shape index (κ1) is 13.2. The molecule has 1 aromatic carbocycles. The molecule has 0 aromatic heterocycles. The van der Waals surface area contributed by atoms with Crippen molar-refractivity contribution in [2.24, 2.45) is 0 Å². The van der Waals surface area contributed by atoms with Gasteiger partial charge in [-0.1, -0.05) is 0 Å². The van der Waals surface area contributed by atoms with Crippen LogP contribution >= 0.6 is 11.8 Å². The molecule has 0 spiro atoms. The molecule has 6 heteroatoms. The number of nitrogens with zero attached hydrogens (tertiary/aromatic N) is 1. The highest BCUT2D eigenvalue weighted by atomic mass is 32.2. The molecule has 0 heterocycles. The van der Waals surface area contributed by atoms with Crippen LogP contribution in [-0.4, -0.2) is 20.2 Å². The molecule has 0 aliphatic rings. The number of esters is 1. The monoisotopic (exact) mass is 253 g/mol. The Morgan fingerprint density at radius 3 is 2.18 bits per heavy atom. The molecule has 0 unspecified atom stereocenters. The van der Waals surface area contributed by atoms with Gasteiger partial charge in [0, 0.05) is 11.8 Å². The number of nitriles is 1.